The van der Waals surface area contributed by atoms with E-state index in [-0.39, 0.29) is 5.76 Å². The van der Waals surface area contributed by atoms with Gasteiger partial charge >= 0.3 is 0 Å². The van der Waals surface area contributed by atoms with Crippen LogP contribution in [0.1, 0.15) is 0 Å². The van der Waals surface area contributed by atoms with Crippen molar-refractivity contribution in [3.05, 3.63) is 12.0 Å². The third kappa shape index (κ3) is 0.865. The third-order valence-electron chi connectivity index (χ3n) is 0.631. The summed E-state index contributed by atoms with van der Waals surface area (Å²) in [5.41, 5.74) is 0. The van der Waals surface area contributed by atoms with Crippen LogP contribution in [0, 0.1) is 0 Å². The maximum absolute atomic E-state index is 10.3. The first-order valence-electron chi connectivity index (χ1n) is 1.91. The molecule has 1 aliphatic heterocycles. The molecule has 0 fully saturated rings. The first-order chi connectivity index (χ1) is 3.80. The number of aliphatic hydroxyl groups excluding tert-OH is 1. The highest BCUT2D eigenvalue weighted by molar-refractivity contribution is 7.96. The second-order valence-electron chi connectivity index (χ2n) is 1.18. The predicted molar refractivity (Wildman–Crippen MR) is 29.6 cm³/mol. The standard InChI is InChI=1S/C3H4N2O2S/c6-2-1-4-8-5-3(2)7/h1,4,6H,(H,5,7). The van der Waals surface area contributed by atoms with Crippen LogP contribution in [-0.2, 0) is 4.79 Å². The lowest BCUT2D eigenvalue weighted by Crippen LogP contribution is -2.26. The molecule has 0 unspecified atom stereocenters. The molecule has 0 bridgehead atoms. The Hall–Kier alpha value is -0.840. The van der Waals surface area contributed by atoms with Gasteiger partial charge in [0.1, 0.15) is 0 Å². The number of aliphatic hydroxyl groups is 1. The van der Waals surface area contributed by atoms with Crippen LogP contribution in [0.25, 0.3) is 0 Å². The fourth-order valence-corrected chi connectivity index (χ4v) is 0.706. The summed E-state index contributed by atoms with van der Waals surface area (Å²) in [5.74, 6) is -0.752. The van der Waals surface area contributed by atoms with Gasteiger partial charge < -0.3 is 9.83 Å². The molecule has 0 aromatic carbocycles. The zero-order valence-electron chi connectivity index (χ0n) is 3.84. The van der Waals surface area contributed by atoms with Gasteiger partial charge in [0.25, 0.3) is 5.91 Å². The van der Waals surface area contributed by atoms with E-state index in [1.165, 1.54) is 6.20 Å². The lowest BCUT2D eigenvalue weighted by molar-refractivity contribution is -0.118. The Morgan fingerprint density at radius 3 is 2.88 bits per heavy atom. The quantitative estimate of drug-likeness (QED) is 0.395. The van der Waals surface area contributed by atoms with Crippen molar-refractivity contribution in [2.45, 2.75) is 0 Å². The number of hydrogen-bond donors (Lipinski definition) is 3. The summed E-state index contributed by atoms with van der Waals surface area (Å²) in [5, 5.41) is 8.55. The molecule has 1 amide bonds. The van der Waals surface area contributed by atoms with Gasteiger partial charge in [-0.25, -0.2) is 0 Å². The zero-order valence-corrected chi connectivity index (χ0v) is 4.66. The van der Waals surface area contributed by atoms with Crippen molar-refractivity contribution in [1.82, 2.24) is 9.44 Å². The second kappa shape index (κ2) is 1.95. The van der Waals surface area contributed by atoms with Gasteiger partial charge in [-0.05, 0) is 0 Å². The summed E-state index contributed by atoms with van der Waals surface area (Å²) < 4.78 is 4.82. The van der Waals surface area contributed by atoms with Crippen LogP contribution in [0.15, 0.2) is 12.0 Å². The van der Waals surface area contributed by atoms with Crippen LogP contribution < -0.4 is 9.44 Å². The van der Waals surface area contributed by atoms with Crippen LogP contribution in [0.5, 0.6) is 0 Å². The Morgan fingerprint density at radius 2 is 2.50 bits per heavy atom. The molecule has 0 radical (unpaired) electrons. The number of hydrogen-bond acceptors (Lipinski definition) is 4. The SMILES string of the molecule is O=C1NSNC=C1O. The van der Waals surface area contributed by atoms with E-state index in [1.807, 2.05) is 0 Å². The topological polar surface area (TPSA) is 61.4 Å². The van der Waals surface area contributed by atoms with E-state index in [1.54, 1.807) is 0 Å². The highest BCUT2D eigenvalue weighted by Crippen LogP contribution is 1.98. The summed E-state index contributed by atoms with van der Waals surface area (Å²) >= 11 is 1.02. The first-order valence-corrected chi connectivity index (χ1v) is 2.73. The summed E-state index contributed by atoms with van der Waals surface area (Å²) in [7, 11) is 0. The van der Waals surface area contributed by atoms with Crippen LogP contribution in [0.4, 0.5) is 0 Å². The Morgan fingerprint density at radius 1 is 1.75 bits per heavy atom. The maximum atomic E-state index is 10.3. The molecule has 3 N–H and O–H groups in total. The van der Waals surface area contributed by atoms with Crippen molar-refractivity contribution in [2.24, 2.45) is 0 Å². The molecular formula is C3H4N2O2S. The van der Waals surface area contributed by atoms with Gasteiger partial charge in [-0.1, -0.05) is 0 Å². The van der Waals surface area contributed by atoms with Crippen LogP contribution in [0.3, 0.4) is 0 Å². The van der Waals surface area contributed by atoms with Gasteiger partial charge in [0.2, 0.25) is 0 Å². The van der Waals surface area contributed by atoms with Crippen LogP contribution in [0.2, 0.25) is 0 Å². The Labute approximate surface area is 50.2 Å². The molecule has 1 rings (SSSR count). The lowest BCUT2D eigenvalue weighted by atomic mass is 10.5. The fraction of sp³-hybridized carbons (Fsp3) is 0. The smallest absolute Gasteiger partial charge is 0.298 e. The van der Waals surface area contributed by atoms with Gasteiger partial charge in [-0.3, -0.25) is 9.52 Å². The Kier molecular flexibility index (Phi) is 1.29. The van der Waals surface area contributed by atoms with Crippen molar-refractivity contribution in [2.75, 3.05) is 0 Å². The lowest BCUT2D eigenvalue weighted by Gasteiger charge is -2.07. The summed E-state index contributed by atoms with van der Waals surface area (Å²) in [6.45, 7) is 0. The molecule has 0 saturated heterocycles. The molecule has 8 heavy (non-hydrogen) atoms. The molecule has 0 atom stereocenters. The second-order valence-corrected chi connectivity index (χ2v) is 1.82. The van der Waals surface area contributed by atoms with Crippen LogP contribution in [-0.4, -0.2) is 11.0 Å². The van der Waals surface area contributed by atoms with E-state index in [9.17, 15) is 4.79 Å². The van der Waals surface area contributed by atoms with Gasteiger partial charge in [0.15, 0.2) is 5.76 Å². The predicted octanol–water partition coefficient (Wildman–Crippen LogP) is -0.332. The molecule has 1 aliphatic rings. The minimum Gasteiger partial charge on any atom is -0.502 e. The van der Waals surface area contributed by atoms with E-state index >= 15 is 0 Å². The van der Waals surface area contributed by atoms with Gasteiger partial charge in [-0.15, -0.1) is 0 Å². The number of rotatable bonds is 0. The first kappa shape index (κ1) is 5.30. The van der Waals surface area contributed by atoms with E-state index in [0.29, 0.717) is 0 Å². The van der Waals surface area contributed by atoms with Gasteiger partial charge in [-0.2, -0.15) is 0 Å². The highest BCUT2D eigenvalue weighted by Gasteiger charge is 2.09. The van der Waals surface area contributed by atoms with Gasteiger partial charge in [0, 0.05) is 0 Å². The molecule has 0 aromatic rings. The Bertz CT molecular complexity index is 144. The maximum Gasteiger partial charge on any atom is 0.298 e. The third-order valence-corrected chi connectivity index (χ3v) is 1.15. The molecule has 1 heterocycles. The number of nitrogens with one attached hydrogen (secondary N) is 2. The number of amides is 1. The number of carbonyl (C=O) groups is 1. The van der Waals surface area contributed by atoms with E-state index < -0.39 is 5.91 Å². The largest absolute Gasteiger partial charge is 0.502 e. The van der Waals surface area contributed by atoms with Crippen molar-refractivity contribution >= 4 is 18.0 Å². The zero-order chi connectivity index (χ0) is 5.98. The normalized spacial score (nSPS) is 18.5. The molecule has 0 spiro atoms. The fourth-order valence-electron chi connectivity index (χ4n) is 0.279. The molecule has 0 aromatic heterocycles. The average molecular weight is 132 g/mol. The number of carbonyl (C=O) groups excluding carboxylic acids is 1. The molecule has 4 nitrogen and oxygen atoms in total. The summed E-state index contributed by atoms with van der Waals surface area (Å²) in [6, 6.07) is 0. The molecule has 5 heteroatoms. The minimum atomic E-state index is -0.464. The monoisotopic (exact) mass is 132 g/mol. The van der Waals surface area contributed by atoms with E-state index in [0.717, 1.165) is 12.1 Å². The molecule has 0 saturated carbocycles. The van der Waals surface area contributed by atoms with E-state index in [4.69, 9.17) is 5.11 Å². The van der Waals surface area contributed by atoms with Crippen LogP contribution >= 0.6 is 12.1 Å². The van der Waals surface area contributed by atoms with Crippen molar-refractivity contribution in [3.63, 3.8) is 0 Å². The molecule has 44 valence electrons. The van der Waals surface area contributed by atoms with Crippen molar-refractivity contribution < 1.29 is 9.90 Å². The van der Waals surface area contributed by atoms with Gasteiger partial charge in [0.05, 0.1) is 18.3 Å². The van der Waals surface area contributed by atoms with Crippen molar-refractivity contribution in [1.29, 1.82) is 0 Å². The molecule has 0 aliphatic carbocycles. The average Bonchev–Trinajstić information content (AvgIpc) is 1.77. The van der Waals surface area contributed by atoms with E-state index in [2.05, 4.69) is 9.44 Å². The highest BCUT2D eigenvalue weighted by atomic mass is 32.2. The van der Waals surface area contributed by atoms with Crippen molar-refractivity contribution in [3.8, 4) is 0 Å². The minimum absolute atomic E-state index is 0.288. The summed E-state index contributed by atoms with van der Waals surface area (Å²) in [6.07, 6.45) is 1.23. The Balaban J connectivity index is 2.67. The molecular weight excluding hydrogens is 128 g/mol. The summed E-state index contributed by atoms with van der Waals surface area (Å²) in [4.78, 5) is 10.3.